The molecule has 0 saturated carbocycles. The van der Waals surface area contributed by atoms with Crippen molar-refractivity contribution in [1.82, 2.24) is 24.1 Å². The number of nitrogens with zero attached hydrogens (tertiary/aromatic N) is 4. The van der Waals surface area contributed by atoms with Crippen LogP contribution in [0.3, 0.4) is 0 Å². The Labute approximate surface area is 213 Å². The van der Waals surface area contributed by atoms with Gasteiger partial charge in [-0.25, -0.2) is 13.4 Å². The van der Waals surface area contributed by atoms with Crippen molar-refractivity contribution in [3.63, 3.8) is 0 Å². The van der Waals surface area contributed by atoms with Crippen LogP contribution in [0, 0.1) is 0 Å². The quantitative estimate of drug-likeness (QED) is 0.362. The van der Waals surface area contributed by atoms with Gasteiger partial charge in [0.05, 0.1) is 16.9 Å². The van der Waals surface area contributed by atoms with Gasteiger partial charge in [0.15, 0.2) is 5.76 Å². The second-order valence-electron chi connectivity index (χ2n) is 8.54. The summed E-state index contributed by atoms with van der Waals surface area (Å²) in [7, 11) is -3.64. The van der Waals surface area contributed by atoms with E-state index in [1.807, 2.05) is 0 Å². The Morgan fingerprint density at radius 1 is 1.16 bits per heavy atom. The number of hydrogen-bond donors (Lipinski definition) is 2. The van der Waals surface area contributed by atoms with Crippen molar-refractivity contribution in [1.29, 1.82) is 0 Å². The van der Waals surface area contributed by atoms with E-state index in [0.717, 1.165) is 12.1 Å². The van der Waals surface area contributed by atoms with E-state index in [4.69, 9.17) is 4.42 Å². The minimum Gasteiger partial charge on any atom is -0.463 e. The van der Waals surface area contributed by atoms with Gasteiger partial charge in [-0.05, 0) is 55.7 Å². The smallest absolute Gasteiger partial charge is 0.256 e. The molecule has 1 aliphatic carbocycles. The Morgan fingerprint density at radius 3 is 2.59 bits per heavy atom. The van der Waals surface area contributed by atoms with E-state index in [9.17, 15) is 18.0 Å². The Kier molecular flexibility index (Phi) is 6.52. The fraction of sp³-hybridized carbons (Fsp3) is 0.280. The number of carbonyl (C=O) groups is 1. The number of sulfonamides is 1. The minimum atomic E-state index is -3.64. The molecule has 0 atom stereocenters. The largest absolute Gasteiger partial charge is 0.463 e. The summed E-state index contributed by atoms with van der Waals surface area (Å²) < 4.78 is 33.7. The van der Waals surface area contributed by atoms with Crippen molar-refractivity contribution in [2.24, 2.45) is 0 Å². The van der Waals surface area contributed by atoms with Crippen molar-refractivity contribution in [3.8, 4) is 17.4 Å². The first-order valence-corrected chi connectivity index (χ1v) is 13.4. The Balaban J connectivity index is 1.48. The van der Waals surface area contributed by atoms with Crippen LogP contribution in [0.25, 0.3) is 17.4 Å². The number of H-pyrrole nitrogens is 1. The van der Waals surface area contributed by atoms with E-state index in [0.29, 0.717) is 42.9 Å². The Hall–Kier alpha value is -4.03. The van der Waals surface area contributed by atoms with Gasteiger partial charge in [-0.2, -0.15) is 14.1 Å². The van der Waals surface area contributed by atoms with Gasteiger partial charge >= 0.3 is 0 Å². The molecule has 0 fully saturated rings. The maximum Gasteiger partial charge on any atom is 0.256 e. The molecule has 0 aliphatic heterocycles. The summed E-state index contributed by atoms with van der Waals surface area (Å²) in [5.74, 6) is 0.433. The first kappa shape index (κ1) is 24.7. The number of rotatable bonds is 8. The van der Waals surface area contributed by atoms with Crippen LogP contribution in [-0.4, -0.2) is 51.5 Å². The van der Waals surface area contributed by atoms with Gasteiger partial charge in [0, 0.05) is 30.3 Å². The number of aromatic nitrogens is 4. The maximum atomic E-state index is 13.1. The third-order valence-corrected chi connectivity index (χ3v) is 8.38. The summed E-state index contributed by atoms with van der Waals surface area (Å²) in [5.41, 5.74) is 1.85. The van der Waals surface area contributed by atoms with Crippen molar-refractivity contribution in [2.75, 3.05) is 18.4 Å². The predicted octanol–water partition coefficient (Wildman–Crippen LogP) is 2.99. The first-order chi connectivity index (χ1) is 17.8. The third-order valence-electron chi connectivity index (χ3n) is 6.31. The van der Waals surface area contributed by atoms with E-state index >= 15 is 0 Å². The van der Waals surface area contributed by atoms with Gasteiger partial charge < -0.3 is 9.73 Å². The highest BCUT2D eigenvalue weighted by atomic mass is 32.2. The number of carbonyl (C=O) groups excluding carboxylic acids is 1. The van der Waals surface area contributed by atoms with Crippen LogP contribution >= 0.6 is 0 Å². The number of nitrogens with one attached hydrogen (secondary N) is 2. The van der Waals surface area contributed by atoms with Crippen molar-refractivity contribution < 1.29 is 17.6 Å². The molecule has 1 aliphatic rings. The highest BCUT2D eigenvalue weighted by molar-refractivity contribution is 7.89. The molecule has 12 heteroatoms. The van der Waals surface area contributed by atoms with Crippen LogP contribution in [0.15, 0.2) is 62.8 Å². The van der Waals surface area contributed by atoms with Crippen LogP contribution in [0.4, 0.5) is 5.82 Å². The van der Waals surface area contributed by atoms with Gasteiger partial charge in [-0.3, -0.25) is 14.6 Å². The summed E-state index contributed by atoms with van der Waals surface area (Å²) in [6.07, 6.45) is 3.74. The van der Waals surface area contributed by atoms with Gasteiger partial charge in [0.25, 0.3) is 11.5 Å². The molecular formula is C25H26N6O5S. The molecule has 11 nitrogen and oxygen atoms in total. The lowest BCUT2D eigenvalue weighted by atomic mass is 10.2. The summed E-state index contributed by atoms with van der Waals surface area (Å²) in [5, 5.41) is 7.31. The van der Waals surface area contributed by atoms with Crippen LogP contribution < -0.4 is 10.9 Å². The third kappa shape index (κ3) is 4.60. The van der Waals surface area contributed by atoms with E-state index in [-0.39, 0.29) is 27.8 Å². The van der Waals surface area contributed by atoms with Crippen LogP contribution in [-0.2, 0) is 22.9 Å². The number of anilines is 1. The molecule has 0 radical (unpaired) electrons. The summed E-state index contributed by atoms with van der Waals surface area (Å²) >= 11 is 0. The van der Waals surface area contributed by atoms with Gasteiger partial charge in [-0.15, -0.1) is 0 Å². The molecular weight excluding hydrogens is 496 g/mol. The number of aryl methyl sites for hydroxylation is 1. The molecule has 1 amide bonds. The fourth-order valence-electron chi connectivity index (χ4n) is 4.38. The monoisotopic (exact) mass is 522 g/mol. The normalized spacial score (nSPS) is 13.2. The standard InChI is InChI=1S/C25H26N6O5S/c1-3-30(4-2)37(34,35)17-12-10-16(11-13-17)23(32)27-22-15-20(21-9-6-14-36-21)29-31(22)25-26-19-8-5-7-18(19)24(33)28-25/h6,9-15H,3-5,7-8H2,1-2H3,(H,27,32)(H,26,28,33). The summed E-state index contributed by atoms with van der Waals surface area (Å²) in [6, 6.07) is 10.8. The van der Waals surface area contributed by atoms with Crippen molar-refractivity contribution in [2.45, 2.75) is 38.0 Å². The minimum absolute atomic E-state index is 0.109. The molecule has 37 heavy (non-hydrogen) atoms. The molecule has 192 valence electrons. The Bertz CT molecular complexity index is 1600. The zero-order chi connectivity index (χ0) is 26.2. The molecule has 3 aromatic heterocycles. The molecule has 5 rings (SSSR count). The fourth-order valence-corrected chi connectivity index (χ4v) is 5.84. The lowest BCUT2D eigenvalue weighted by Crippen LogP contribution is -2.30. The number of hydrogen-bond acceptors (Lipinski definition) is 7. The second-order valence-corrected chi connectivity index (χ2v) is 10.5. The van der Waals surface area contributed by atoms with E-state index in [1.165, 1.54) is 39.5 Å². The van der Waals surface area contributed by atoms with Gasteiger partial charge in [-0.1, -0.05) is 13.8 Å². The number of furan rings is 1. The van der Waals surface area contributed by atoms with Crippen molar-refractivity contribution in [3.05, 3.63) is 75.9 Å². The maximum absolute atomic E-state index is 13.1. The highest BCUT2D eigenvalue weighted by Crippen LogP contribution is 2.26. The summed E-state index contributed by atoms with van der Waals surface area (Å²) in [6.45, 7) is 4.24. The molecule has 2 N–H and O–H groups in total. The molecule has 0 spiro atoms. The average molecular weight is 523 g/mol. The molecule has 3 heterocycles. The SMILES string of the molecule is CCN(CC)S(=O)(=O)c1ccc(C(=O)Nc2cc(-c3ccco3)nn2-c2nc3c(c(=O)[nH]2)CCC3)cc1. The van der Waals surface area contributed by atoms with Gasteiger partial charge in [0.2, 0.25) is 16.0 Å². The zero-order valence-electron chi connectivity index (χ0n) is 20.4. The topological polar surface area (TPSA) is 143 Å². The molecule has 4 aromatic rings. The summed E-state index contributed by atoms with van der Waals surface area (Å²) in [4.78, 5) is 33.2. The molecule has 0 bridgehead atoms. The van der Waals surface area contributed by atoms with Crippen LogP contribution in [0.5, 0.6) is 0 Å². The highest BCUT2D eigenvalue weighted by Gasteiger charge is 2.23. The Morgan fingerprint density at radius 2 is 1.92 bits per heavy atom. The number of fused-ring (bicyclic) bond motifs is 1. The number of aromatic amines is 1. The second kappa shape index (κ2) is 9.79. The van der Waals surface area contributed by atoms with Crippen molar-refractivity contribution >= 4 is 21.7 Å². The lowest BCUT2D eigenvalue weighted by Gasteiger charge is -2.18. The first-order valence-electron chi connectivity index (χ1n) is 12.0. The molecule has 1 aromatic carbocycles. The van der Waals surface area contributed by atoms with Gasteiger partial charge in [0.1, 0.15) is 11.5 Å². The van der Waals surface area contributed by atoms with E-state index < -0.39 is 15.9 Å². The molecule has 0 saturated heterocycles. The van der Waals surface area contributed by atoms with Crippen LogP contribution in [0.2, 0.25) is 0 Å². The average Bonchev–Trinajstić information content (AvgIpc) is 3.65. The van der Waals surface area contributed by atoms with Crippen LogP contribution in [0.1, 0.15) is 41.9 Å². The number of amides is 1. The van der Waals surface area contributed by atoms with E-state index in [2.05, 4.69) is 20.4 Å². The zero-order valence-corrected chi connectivity index (χ0v) is 21.2. The predicted molar refractivity (Wildman–Crippen MR) is 136 cm³/mol. The molecule has 0 unspecified atom stereocenters. The lowest BCUT2D eigenvalue weighted by molar-refractivity contribution is 0.102. The number of benzene rings is 1. The van der Waals surface area contributed by atoms with E-state index in [1.54, 1.807) is 32.0 Å².